The van der Waals surface area contributed by atoms with Crippen LogP contribution in [-0.2, 0) is 4.79 Å². The highest BCUT2D eigenvalue weighted by Gasteiger charge is 2.34. The van der Waals surface area contributed by atoms with Gasteiger partial charge >= 0.3 is 0 Å². The minimum absolute atomic E-state index is 0.0221. The SMILES string of the molecule is CN1CCC[C@H]2CN(CC(=O)Nc3ccc(F)c(Cl)c3)CC[C@@H]21. The van der Waals surface area contributed by atoms with Crippen LogP contribution in [0.3, 0.4) is 0 Å². The van der Waals surface area contributed by atoms with Gasteiger partial charge in [-0.2, -0.15) is 0 Å². The molecule has 1 aromatic carbocycles. The maximum Gasteiger partial charge on any atom is 0.238 e. The first-order valence-corrected chi connectivity index (χ1v) is 8.58. The standard InChI is InChI=1S/C17H23ClFN3O/c1-21-7-2-3-12-10-22(8-6-16(12)21)11-17(23)20-13-4-5-15(19)14(18)9-13/h4-5,9,12,16H,2-3,6-8,10-11H2,1H3,(H,20,23)/t12-,16-/m0/s1. The summed E-state index contributed by atoms with van der Waals surface area (Å²) >= 11 is 5.74. The molecule has 0 aliphatic carbocycles. The number of nitrogens with one attached hydrogen (secondary N) is 1. The molecule has 2 atom stereocenters. The summed E-state index contributed by atoms with van der Waals surface area (Å²) in [6.45, 7) is 3.49. The Balaban J connectivity index is 1.53. The second-order valence-corrected chi connectivity index (χ2v) is 7.06. The van der Waals surface area contributed by atoms with Gasteiger partial charge in [0.25, 0.3) is 0 Å². The van der Waals surface area contributed by atoms with Crippen LogP contribution < -0.4 is 5.32 Å². The van der Waals surface area contributed by atoms with Gasteiger partial charge in [-0.3, -0.25) is 9.69 Å². The van der Waals surface area contributed by atoms with E-state index >= 15 is 0 Å². The Labute approximate surface area is 141 Å². The van der Waals surface area contributed by atoms with Gasteiger partial charge in [0, 0.05) is 24.8 Å². The second kappa shape index (κ2) is 7.16. The first-order chi connectivity index (χ1) is 11.0. The van der Waals surface area contributed by atoms with Crippen molar-refractivity contribution in [2.24, 2.45) is 5.92 Å². The van der Waals surface area contributed by atoms with E-state index in [2.05, 4.69) is 22.2 Å². The molecule has 126 valence electrons. The van der Waals surface area contributed by atoms with Crippen molar-refractivity contribution in [3.63, 3.8) is 0 Å². The van der Waals surface area contributed by atoms with E-state index in [1.165, 1.54) is 37.6 Å². The zero-order valence-electron chi connectivity index (χ0n) is 13.4. The predicted molar refractivity (Wildman–Crippen MR) is 90.2 cm³/mol. The van der Waals surface area contributed by atoms with Crippen molar-refractivity contribution in [2.45, 2.75) is 25.3 Å². The van der Waals surface area contributed by atoms with E-state index < -0.39 is 5.82 Å². The third-order valence-corrected chi connectivity index (χ3v) is 5.29. The van der Waals surface area contributed by atoms with Crippen LogP contribution in [0.15, 0.2) is 18.2 Å². The molecule has 2 saturated heterocycles. The number of amides is 1. The lowest BCUT2D eigenvalue weighted by Gasteiger charge is -2.45. The van der Waals surface area contributed by atoms with Crippen molar-refractivity contribution < 1.29 is 9.18 Å². The third kappa shape index (κ3) is 4.03. The average Bonchev–Trinajstić information content (AvgIpc) is 2.51. The van der Waals surface area contributed by atoms with Crippen LogP contribution in [-0.4, -0.2) is 55.0 Å². The molecule has 0 saturated carbocycles. The first-order valence-electron chi connectivity index (χ1n) is 8.20. The molecule has 1 aromatic rings. The van der Waals surface area contributed by atoms with Gasteiger partial charge in [0.15, 0.2) is 0 Å². The quantitative estimate of drug-likeness (QED) is 0.919. The Morgan fingerprint density at radius 3 is 3.00 bits per heavy atom. The Hall–Kier alpha value is -1.17. The Morgan fingerprint density at radius 1 is 1.39 bits per heavy atom. The monoisotopic (exact) mass is 339 g/mol. The fourth-order valence-electron chi connectivity index (χ4n) is 3.85. The summed E-state index contributed by atoms with van der Waals surface area (Å²) in [4.78, 5) is 16.9. The van der Waals surface area contributed by atoms with Gasteiger partial charge in [0.05, 0.1) is 11.6 Å². The number of fused-ring (bicyclic) bond motifs is 1. The van der Waals surface area contributed by atoms with Crippen molar-refractivity contribution in [3.05, 3.63) is 29.0 Å². The van der Waals surface area contributed by atoms with Crippen molar-refractivity contribution in [3.8, 4) is 0 Å². The summed E-state index contributed by atoms with van der Waals surface area (Å²) in [6, 6.07) is 4.90. The van der Waals surface area contributed by atoms with Gasteiger partial charge in [-0.25, -0.2) is 4.39 Å². The first kappa shape index (κ1) is 16.7. The lowest BCUT2D eigenvalue weighted by molar-refractivity contribution is -0.118. The van der Waals surface area contributed by atoms with Crippen molar-refractivity contribution in [1.82, 2.24) is 9.80 Å². The van der Waals surface area contributed by atoms with Gasteiger partial charge < -0.3 is 10.2 Å². The molecule has 0 aromatic heterocycles. The van der Waals surface area contributed by atoms with Crippen LogP contribution in [0.4, 0.5) is 10.1 Å². The van der Waals surface area contributed by atoms with E-state index in [1.54, 1.807) is 0 Å². The highest BCUT2D eigenvalue weighted by atomic mass is 35.5. The molecule has 3 rings (SSSR count). The zero-order valence-corrected chi connectivity index (χ0v) is 14.2. The van der Waals surface area contributed by atoms with E-state index in [0.717, 1.165) is 19.5 Å². The minimum atomic E-state index is -0.479. The van der Waals surface area contributed by atoms with Gasteiger partial charge in [-0.15, -0.1) is 0 Å². The lowest BCUT2D eigenvalue weighted by atomic mass is 9.84. The molecule has 2 fully saturated rings. The predicted octanol–water partition coefficient (Wildman–Crippen LogP) is 2.83. The number of piperidine rings is 2. The molecule has 2 aliphatic rings. The number of carbonyl (C=O) groups excluding carboxylic acids is 1. The van der Waals surface area contributed by atoms with Crippen molar-refractivity contribution >= 4 is 23.2 Å². The molecule has 0 unspecified atom stereocenters. The number of likely N-dealkylation sites (tertiary alicyclic amines) is 2. The maximum absolute atomic E-state index is 13.1. The molecule has 6 heteroatoms. The Bertz CT molecular complexity index is 583. The number of nitrogens with zero attached hydrogens (tertiary/aromatic N) is 2. The van der Waals surface area contributed by atoms with Crippen molar-refractivity contribution in [1.29, 1.82) is 0 Å². The molecule has 4 nitrogen and oxygen atoms in total. The molecule has 0 bridgehead atoms. The topological polar surface area (TPSA) is 35.6 Å². The van der Waals surface area contributed by atoms with Crippen LogP contribution >= 0.6 is 11.6 Å². The average molecular weight is 340 g/mol. The molecule has 2 heterocycles. The molecule has 0 radical (unpaired) electrons. The number of carbonyl (C=O) groups is 1. The van der Waals surface area contributed by atoms with E-state index in [1.807, 2.05) is 0 Å². The minimum Gasteiger partial charge on any atom is -0.325 e. The summed E-state index contributed by atoms with van der Waals surface area (Å²) in [5, 5.41) is 2.82. The number of hydrogen-bond donors (Lipinski definition) is 1. The molecule has 1 amide bonds. The van der Waals surface area contributed by atoms with Crippen LogP contribution in [0, 0.1) is 11.7 Å². The molecular formula is C17H23ClFN3O. The van der Waals surface area contributed by atoms with E-state index in [0.29, 0.717) is 24.2 Å². The van der Waals surface area contributed by atoms with E-state index in [4.69, 9.17) is 11.6 Å². The van der Waals surface area contributed by atoms with Gasteiger partial charge in [0.1, 0.15) is 5.82 Å². The molecule has 0 spiro atoms. The highest BCUT2D eigenvalue weighted by molar-refractivity contribution is 6.31. The van der Waals surface area contributed by atoms with Crippen LogP contribution in [0.2, 0.25) is 5.02 Å². The van der Waals surface area contributed by atoms with E-state index in [-0.39, 0.29) is 10.9 Å². The van der Waals surface area contributed by atoms with Crippen molar-refractivity contribution in [2.75, 3.05) is 38.5 Å². The largest absolute Gasteiger partial charge is 0.325 e. The Kier molecular flexibility index (Phi) is 5.19. The zero-order chi connectivity index (χ0) is 16.4. The van der Waals surface area contributed by atoms with Crippen LogP contribution in [0.5, 0.6) is 0 Å². The highest BCUT2D eigenvalue weighted by Crippen LogP contribution is 2.29. The summed E-state index contributed by atoms with van der Waals surface area (Å²) < 4.78 is 13.1. The third-order valence-electron chi connectivity index (χ3n) is 5.00. The fraction of sp³-hybridized carbons (Fsp3) is 0.588. The normalized spacial score (nSPS) is 25.9. The second-order valence-electron chi connectivity index (χ2n) is 6.65. The van der Waals surface area contributed by atoms with Crippen LogP contribution in [0.25, 0.3) is 0 Å². The fourth-order valence-corrected chi connectivity index (χ4v) is 4.03. The summed E-state index contributed by atoms with van der Waals surface area (Å²) in [5.74, 6) is 0.110. The Morgan fingerprint density at radius 2 is 2.22 bits per heavy atom. The molecule has 1 N–H and O–H groups in total. The van der Waals surface area contributed by atoms with Gasteiger partial charge in [-0.05, 0) is 57.0 Å². The number of hydrogen-bond acceptors (Lipinski definition) is 3. The lowest BCUT2D eigenvalue weighted by Crippen LogP contribution is -2.53. The summed E-state index contributed by atoms with van der Waals surface area (Å²) in [5.41, 5.74) is 0.536. The summed E-state index contributed by atoms with van der Waals surface area (Å²) in [7, 11) is 2.21. The smallest absolute Gasteiger partial charge is 0.238 e. The van der Waals surface area contributed by atoms with Gasteiger partial charge in [-0.1, -0.05) is 11.6 Å². The van der Waals surface area contributed by atoms with Crippen LogP contribution in [0.1, 0.15) is 19.3 Å². The molecular weight excluding hydrogens is 317 g/mol. The number of anilines is 1. The summed E-state index contributed by atoms with van der Waals surface area (Å²) in [6.07, 6.45) is 3.61. The van der Waals surface area contributed by atoms with E-state index in [9.17, 15) is 9.18 Å². The maximum atomic E-state index is 13.1. The van der Waals surface area contributed by atoms with Gasteiger partial charge in [0.2, 0.25) is 5.91 Å². The number of benzene rings is 1. The number of rotatable bonds is 3. The molecule has 23 heavy (non-hydrogen) atoms. The number of halogens is 2. The molecule has 2 aliphatic heterocycles.